The third-order valence-electron chi connectivity index (χ3n) is 3.24. The summed E-state index contributed by atoms with van der Waals surface area (Å²) in [5.41, 5.74) is -0.823. The van der Waals surface area contributed by atoms with Crippen LogP contribution in [0, 0.1) is 6.92 Å². The monoisotopic (exact) mass is 323 g/mol. The van der Waals surface area contributed by atoms with Crippen LogP contribution in [0.5, 0.6) is 0 Å². The van der Waals surface area contributed by atoms with Crippen molar-refractivity contribution in [2.45, 2.75) is 19.1 Å². The zero-order chi connectivity index (χ0) is 17.0. The summed E-state index contributed by atoms with van der Waals surface area (Å²) in [4.78, 5) is 26.5. The Labute approximate surface area is 130 Å². The van der Waals surface area contributed by atoms with E-state index >= 15 is 0 Å². The van der Waals surface area contributed by atoms with Crippen molar-refractivity contribution in [2.24, 2.45) is 0 Å². The zero-order valence-electron chi connectivity index (χ0n) is 12.2. The van der Waals surface area contributed by atoms with Crippen LogP contribution < -0.4 is 10.9 Å². The van der Waals surface area contributed by atoms with Crippen molar-refractivity contribution in [1.29, 1.82) is 0 Å². The van der Waals surface area contributed by atoms with Crippen molar-refractivity contribution >= 4 is 12.1 Å². The number of carbonyl (C=O) groups is 1. The summed E-state index contributed by atoms with van der Waals surface area (Å²) in [6.07, 6.45) is -0.325. The summed E-state index contributed by atoms with van der Waals surface area (Å²) in [5.74, 6) is -3.58. The number of halogens is 2. The van der Waals surface area contributed by atoms with Gasteiger partial charge in [-0.25, -0.2) is 4.98 Å². The van der Waals surface area contributed by atoms with E-state index in [1.165, 1.54) is 37.4 Å². The van der Waals surface area contributed by atoms with Crippen molar-refractivity contribution in [1.82, 2.24) is 9.55 Å². The largest absolute Gasteiger partial charge is 0.367 e. The molecular weight excluding hydrogens is 308 g/mol. The number of hydrogen-bond donors (Lipinski definition) is 2. The first-order valence-corrected chi connectivity index (χ1v) is 6.75. The number of rotatable bonds is 6. The number of nitrogens with zero attached hydrogens (tertiary/aromatic N) is 2. The fourth-order valence-electron chi connectivity index (χ4n) is 2.04. The summed E-state index contributed by atoms with van der Waals surface area (Å²) in [7, 11) is 0. The average Bonchev–Trinajstić information content (AvgIpc) is 2.54. The molecule has 0 fully saturated rings. The molecule has 0 spiro atoms. The van der Waals surface area contributed by atoms with Gasteiger partial charge in [-0.1, -0.05) is 30.3 Å². The minimum atomic E-state index is -3.21. The van der Waals surface area contributed by atoms with Crippen LogP contribution in [-0.2, 0) is 10.7 Å². The van der Waals surface area contributed by atoms with E-state index in [4.69, 9.17) is 0 Å². The molecule has 1 heterocycles. The van der Waals surface area contributed by atoms with E-state index in [2.05, 4.69) is 10.3 Å². The highest BCUT2D eigenvalue weighted by molar-refractivity contribution is 5.54. The number of aromatic nitrogens is 2. The number of aldehydes is 1. The van der Waals surface area contributed by atoms with Crippen LogP contribution >= 0.6 is 0 Å². The van der Waals surface area contributed by atoms with Gasteiger partial charge in [0.05, 0.1) is 6.54 Å². The Morgan fingerprint density at radius 1 is 1.39 bits per heavy atom. The molecule has 6 nitrogen and oxygen atoms in total. The first-order valence-electron chi connectivity index (χ1n) is 6.75. The third kappa shape index (κ3) is 3.59. The maximum atomic E-state index is 14.1. The Bertz CT molecular complexity index is 747. The van der Waals surface area contributed by atoms with Crippen molar-refractivity contribution in [3.63, 3.8) is 0 Å². The number of hydrogen-bond acceptors (Lipinski definition) is 5. The fraction of sp³-hybridized carbons (Fsp3) is 0.267. The Balaban J connectivity index is 2.25. The van der Waals surface area contributed by atoms with Gasteiger partial charge in [0.1, 0.15) is 0 Å². The summed E-state index contributed by atoms with van der Waals surface area (Å²) in [5, 5.41) is 11.8. The van der Waals surface area contributed by atoms with Crippen LogP contribution in [0.25, 0.3) is 0 Å². The number of aliphatic hydroxyl groups is 1. The highest BCUT2D eigenvalue weighted by Gasteiger charge is 2.31. The molecule has 0 aliphatic carbocycles. The lowest BCUT2D eigenvalue weighted by Gasteiger charge is -2.18. The van der Waals surface area contributed by atoms with Crippen LogP contribution in [0.1, 0.15) is 17.5 Å². The SMILES string of the molecule is Cc1cnc(NCC(F)(F)c2ccccc2)c(=O)n1C(O)C=O. The van der Waals surface area contributed by atoms with Gasteiger partial charge in [0.2, 0.25) is 0 Å². The van der Waals surface area contributed by atoms with Crippen LogP contribution in [0.3, 0.4) is 0 Å². The average molecular weight is 323 g/mol. The molecule has 23 heavy (non-hydrogen) atoms. The lowest BCUT2D eigenvalue weighted by molar-refractivity contribution is -0.119. The number of benzene rings is 1. The Kier molecular flexibility index (Phi) is 4.85. The quantitative estimate of drug-likeness (QED) is 0.786. The molecular formula is C15H15F2N3O3. The molecule has 0 amide bonds. The predicted molar refractivity (Wildman–Crippen MR) is 79.4 cm³/mol. The molecule has 0 aliphatic heterocycles. The molecule has 1 aromatic carbocycles. The molecule has 2 aromatic rings. The van der Waals surface area contributed by atoms with Gasteiger partial charge in [0.15, 0.2) is 18.3 Å². The predicted octanol–water partition coefficient (Wildman–Crippen LogP) is 1.45. The lowest BCUT2D eigenvalue weighted by atomic mass is 10.1. The minimum Gasteiger partial charge on any atom is -0.367 e. The topological polar surface area (TPSA) is 84.2 Å². The number of carbonyl (C=O) groups excluding carboxylic acids is 1. The number of anilines is 1. The van der Waals surface area contributed by atoms with Crippen LogP contribution in [0.4, 0.5) is 14.6 Å². The van der Waals surface area contributed by atoms with E-state index in [0.717, 1.165) is 4.57 Å². The summed E-state index contributed by atoms with van der Waals surface area (Å²) >= 11 is 0. The van der Waals surface area contributed by atoms with E-state index in [9.17, 15) is 23.5 Å². The van der Waals surface area contributed by atoms with Crippen molar-refractivity contribution in [3.8, 4) is 0 Å². The summed E-state index contributed by atoms with van der Waals surface area (Å²) in [6.45, 7) is 0.614. The maximum Gasteiger partial charge on any atom is 0.295 e. The van der Waals surface area contributed by atoms with Crippen molar-refractivity contribution in [3.05, 3.63) is 58.1 Å². The fourth-order valence-corrected chi connectivity index (χ4v) is 2.04. The second-order valence-electron chi connectivity index (χ2n) is 4.90. The molecule has 2 rings (SSSR count). The standard InChI is InChI=1S/C15H15F2N3O3/c1-10-7-18-13(14(23)20(10)12(22)8-21)19-9-15(16,17)11-5-3-2-4-6-11/h2-8,12,22H,9H2,1H3,(H,18,19). The molecule has 1 atom stereocenters. The highest BCUT2D eigenvalue weighted by Crippen LogP contribution is 2.27. The molecule has 0 saturated heterocycles. The van der Waals surface area contributed by atoms with Gasteiger partial charge in [0.25, 0.3) is 11.5 Å². The second-order valence-corrected chi connectivity index (χ2v) is 4.90. The van der Waals surface area contributed by atoms with Crippen LogP contribution in [0.15, 0.2) is 41.3 Å². The smallest absolute Gasteiger partial charge is 0.295 e. The number of alkyl halides is 2. The molecule has 2 N–H and O–H groups in total. The number of aryl methyl sites for hydroxylation is 1. The van der Waals surface area contributed by atoms with Gasteiger partial charge < -0.3 is 10.4 Å². The van der Waals surface area contributed by atoms with E-state index in [1.54, 1.807) is 6.07 Å². The highest BCUT2D eigenvalue weighted by atomic mass is 19.3. The Morgan fingerprint density at radius 3 is 2.65 bits per heavy atom. The zero-order valence-corrected chi connectivity index (χ0v) is 12.2. The van der Waals surface area contributed by atoms with E-state index in [-0.39, 0.29) is 23.4 Å². The first-order chi connectivity index (χ1) is 10.9. The number of nitrogens with one attached hydrogen (secondary N) is 1. The van der Waals surface area contributed by atoms with Gasteiger partial charge in [-0.15, -0.1) is 0 Å². The molecule has 0 radical (unpaired) electrons. The summed E-state index contributed by atoms with van der Waals surface area (Å²) < 4.78 is 28.9. The summed E-state index contributed by atoms with van der Waals surface area (Å²) in [6, 6.07) is 7.15. The van der Waals surface area contributed by atoms with E-state index < -0.39 is 24.3 Å². The van der Waals surface area contributed by atoms with Crippen molar-refractivity contribution in [2.75, 3.05) is 11.9 Å². The molecule has 0 bridgehead atoms. The normalized spacial score (nSPS) is 12.7. The van der Waals surface area contributed by atoms with Crippen LogP contribution in [-0.4, -0.2) is 27.5 Å². The number of aliphatic hydroxyl groups excluding tert-OH is 1. The third-order valence-corrected chi connectivity index (χ3v) is 3.24. The van der Waals surface area contributed by atoms with Crippen LogP contribution in [0.2, 0.25) is 0 Å². The molecule has 1 unspecified atom stereocenters. The minimum absolute atomic E-state index is 0.163. The van der Waals surface area contributed by atoms with E-state index in [1.807, 2.05) is 0 Å². The molecule has 8 heteroatoms. The Morgan fingerprint density at radius 2 is 2.04 bits per heavy atom. The molecule has 0 aliphatic rings. The Hall–Kier alpha value is -2.61. The van der Waals surface area contributed by atoms with Gasteiger partial charge in [-0.2, -0.15) is 8.78 Å². The second kappa shape index (κ2) is 6.66. The van der Waals surface area contributed by atoms with Gasteiger partial charge in [-0.05, 0) is 6.92 Å². The first kappa shape index (κ1) is 16.8. The van der Waals surface area contributed by atoms with E-state index in [0.29, 0.717) is 0 Å². The van der Waals surface area contributed by atoms with Crippen molar-refractivity contribution < 1.29 is 18.7 Å². The molecule has 1 aromatic heterocycles. The maximum absolute atomic E-state index is 14.1. The van der Waals surface area contributed by atoms with Gasteiger partial charge in [-0.3, -0.25) is 14.2 Å². The molecule has 122 valence electrons. The molecule has 0 saturated carbocycles. The van der Waals surface area contributed by atoms with Gasteiger partial charge >= 0.3 is 0 Å². The lowest BCUT2D eigenvalue weighted by Crippen LogP contribution is -2.33. The van der Waals surface area contributed by atoms with Gasteiger partial charge in [0, 0.05) is 17.5 Å².